The van der Waals surface area contributed by atoms with Gasteiger partial charge in [0.05, 0.1) is 0 Å². The smallest absolute Gasteiger partial charge is 0.153 e. The molecule has 0 bridgehead atoms. The summed E-state index contributed by atoms with van der Waals surface area (Å²) in [5.74, 6) is 0.627. The first-order valence-corrected chi connectivity index (χ1v) is 6.39. The fourth-order valence-corrected chi connectivity index (χ4v) is 1.93. The fraction of sp³-hybridized carbons (Fsp3) is 0.200. The van der Waals surface area contributed by atoms with Gasteiger partial charge in [-0.3, -0.25) is 0 Å². The second-order valence-electron chi connectivity index (χ2n) is 4.51. The zero-order valence-electron chi connectivity index (χ0n) is 11.3. The number of hydrogen-bond acceptors (Lipinski definition) is 3. The van der Waals surface area contributed by atoms with Crippen LogP contribution in [0.1, 0.15) is 17.1 Å². The Morgan fingerprint density at radius 3 is 2.32 bits per heavy atom. The Labute approximate surface area is 118 Å². The molecule has 0 amide bonds. The van der Waals surface area contributed by atoms with E-state index < -0.39 is 0 Å². The number of rotatable bonds is 3. The molecule has 4 heteroatoms. The predicted octanol–water partition coefficient (Wildman–Crippen LogP) is 3.67. The molecule has 0 spiro atoms. The normalized spacial score (nSPS) is 10.9. The summed E-state index contributed by atoms with van der Waals surface area (Å²) < 4.78 is 0. The molecule has 1 aromatic heterocycles. The van der Waals surface area contributed by atoms with Gasteiger partial charge in [0.2, 0.25) is 0 Å². The molecule has 0 aliphatic rings. The van der Waals surface area contributed by atoms with Crippen molar-refractivity contribution in [1.82, 2.24) is 9.97 Å². The van der Waals surface area contributed by atoms with E-state index in [1.807, 2.05) is 33.2 Å². The Morgan fingerprint density at radius 2 is 1.74 bits per heavy atom. The number of aromatic nitrogens is 2. The molecule has 0 N–H and O–H groups in total. The molecule has 0 saturated carbocycles. The first kappa shape index (κ1) is 13.6. The Kier molecular flexibility index (Phi) is 4.17. The van der Waals surface area contributed by atoms with Gasteiger partial charge in [0.25, 0.3) is 0 Å². The van der Waals surface area contributed by atoms with Crippen molar-refractivity contribution in [2.75, 3.05) is 19.0 Å². The highest BCUT2D eigenvalue weighted by Crippen LogP contribution is 2.14. The molecule has 19 heavy (non-hydrogen) atoms. The largest absolute Gasteiger partial charge is 0.378 e. The molecule has 98 valence electrons. The highest BCUT2D eigenvalue weighted by Gasteiger charge is 1.97. The number of halogens is 1. The molecular formula is C15H16ClN3. The van der Waals surface area contributed by atoms with E-state index >= 15 is 0 Å². The van der Waals surface area contributed by atoms with Gasteiger partial charge in [-0.2, -0.15) is 0 Å². The molecule has 2 aromatic rings. The summed E-state index contributed by atoms with van der Waals surface area (Å²) in [6, 6.07) is 10.0. The number of hydrogen-bond donors (Lipinski definition) is 0. The Bertz CT molecular complexity index is 569. The molecule has 0 atom stereocenters. The van der Waals surface area contributed by atoms with E-state index in [4.69, 9.17) is 11.6 Å². The van der Waals surface area contributed by atoms with Gasteiger partial charge in [-0.15, -0.1) is 0 Å². The van der Waals surface area contributed by atoms with E-state index in [0.29, 0.717) is 11.0 Å². The van der Waals surface area contributed by atoms with Crippen molar-refractivity contribution in [3.05, 3.63) is 52.6 Å². The lowest BCUT2D eigenvalue weighted by molar-refractivity contribution is 1.08. The van der Waals surface area contributed by atoms with Gasteiger partial charge in [0.1, 0.15) is 5.15 Å². The quantitative estimate of drug-likeness (QED) is 0.799. The number of nitrogens with zero attached hydrogens (tertiary/aromatic N) is 3. The molecule has 0 unspecified atom stereocenters. The van der Waals surface area contributed by atoms with E-state index in [2.05, 4.69) is 39.1 Å². The van der Waals surface area contributed by atoms with Gasteiger partial charge in [0.15, 0.2) is 5.82 Å². The van der Waals surface area contributed by atoms with E-state index in [0.717, 1.165) is 11.3 Å². The maximum absolute atomic E-state index is 5.90. The monoisotopic (exact) mass is 273 g/mol. The van der Waals surface area contributed by atoms with Crippen LogP contribution in [0.2, 0.25) is 5.15 Å². The van der Waals surface area contributed by atoms with E-state index in [-0.39, 0.29) is 0 Å². The zero-order chi connectivity index (χ0) is 13.8. The van der Waals surface area contributed by atoms with Gasteiger partial charge in [-0.05, 0) is 36.8 Å². The van der Waals surface area contributed by atoms with Crippen LogP contribution in [0.25, 0.3) is 12.2 Å². The minimum absolute atomic E-state index is 0.468. The van der Waals surface area contributed by atoms with Crippen LogP contribution in [0.4, 0.5) is 5.69 Å². The molecule has 0 radical (unpaired) electrons. The molecule has 0 saturated heterocycles. The van der Waals surface area contributed by atoms with Crippen LogP contribution >= 0.6 is 11.6 Å². The lowest BCUT2D eigenvalue weighted by Gasteiger charge is -2.11. The van der Waals surface area contributed by atoms with Crippen molar-refractivity contribution < 1.29 is 0 Å². The summed E-state index contributed by atoms with van der Waals surface area (Å²) in [5.41, 5.74) is 3.14. The average molecular weight is 274 g/mol. The third kappa shape index (κ3) is 3.80. The molecule has 3 nitrogen and oxygen atoms in total. The average Bonchev–Trinajstić information content (AvgIpc) is 2.36. The van der Waals surface area contributed by atoms with Crippen molar-refractivity contribution in [2.45, 2.75) is 6.92 Å². The summed E-state index contributed by atoms with van der Waals surface area (Å²) in [4.78, 5) is 10.5. The van der Waals surface area contributed by atoms with Crippen LogP contribution in [0.3, 0.4) is 0 Å². The van der Waals surface area contributed by atoms with Crippen LogP contribution < -0.4 is 4.90 Å². The SMILES string of the molecule is Cc1cc(Cl)nc(C=Cc2ccc(N(C)C)cc2)n1. The Balaban J connectivity index is 2.17. The van der Waals surface area contributed by atoms with Gasteiger partial charge in [-0.1, -0.05) is 29.8 Å². The van der Waals surface area contributed by atoms with Gasteiger partial charge in [0, 0.05) is 25.5 Å². The number of benzene rings is 1. The van der Waals surface area contributed by atoms with Gasteiger partial charge >= 0.3 is 0 Å². The minimum atomic E-state index is 0.468. The maximum Gasteiger partial charge on any atom is 0.153 e. The fourth-order valence-electron chi connectivity index (χ4n) is 1.68. The van der Waals surface area contributed by atoms with Crippen molar-refractivity contribution in [3.63, 3.8) is 0 Å². The van der Waals surface area contributed by atoms with Crippen LogP contribution in [0.5, 0.6) is 0 Å². The summed E-state index contributed by atoms with van der Waals surface area (Å²) in [7, 11) is 4.04. The predicted molar refractivity (Wildman–Crippen MR) is 81.5 cm³/mol. The van der Waals surface area contributed by atoms with Crippen LogP contribution in [-0.4, -0.2) is 24.1 Å². The van der Waals surface area contributed by atoms with E-state index in [1.54, 1.807) is 6.07 Å². The molecule has 0 aliphatic heterocycles. The molecule has 0 fully saturated rings. The summed E-state index contributed by atoms with van der Waals surface area (Å²) >= 11 is 5.90. The second kappa shape index (κ2) is 5.85. The van der Waals surface area contributed by atoms with Crippen LogP contribution in [-0.2, 0) is 0 Å². The molecule has 2 rings (SSSR count). The molecule has 1 heterocycles. The van der Waals surface area contributed by atoms with Crippen molar-refractivity contribution in [1.29, 1.82) is 0 Å². The summed E-state index contributed by atoms with van der Waals surface area (Å²) in [5, 5.41) is 0.468. The number of anilines is 1. The molecule has 0 aliphatic carbocycles. The van der Waals surface area contributed by atoms with Gasteiger partial charge < -0.3 is 4.90 Å². The lowest BCUT2D eigenvalue weighted by Crippen LogP contribution is -2.07. The zero-order valence-corrected chi connectivity index (χ0v) is 12.0. The Hall–Kier alpha value is -1.87. The Morgan fingerprint density at radius 1 is 1.05 bits per heavy atom. The van der Waals surface area contributed by atoms with E-state index in [9.17, 15) is 0 Å². The topological polar surface area (TPSA) is 29.0 Å². The van der Waals surface area contributed by atoms with Crippen LogP contribution in [0.15, 0.2) is 30.3 Å². The third-order valence-electron chi connectivity index (χ3n) is 2.67. The molecule has 1 aromatic carbocycles. The first-order chi connectivity index (χ1) is 9.04. The third-order valence-corrected chi connectivity index (χ3v) is 2.87. The van der Waals surface area contributed by atoms with Crippen molar-refractivity contribution in [2.24, 2.45) is 0 Å². The highest BCUT2D eigenvalue weighted by molar-refractivity contribution is 6.29. The highest BCUT2D eigenvalue weighted by atomic mass is 35.5. The lowest BCUT2D eigenvalue weighted by atomic mass is 10.2. The molecular weight excluding hydrogens is 258 g/mol. The summed E-state index contributed by atoms with van der Waals surface area (Å²) in [6.07, 6.45) is 3.84. The second-order valence-corrected chi connectivity index (χ2v) is 4.90. The van der Waals surface area contributed by atoms with Crippen molar-refractivity contribution in [3.8, 4) is 0 Å². The van der Waals surface area contributed by atoms with Crippen molar-refractivity contribution >= 4 is 29.4 Å². The maximum atomic E-state index is 5.90. The summed E-state index contributed by atoms with van der Waals surface area (Å²) in [6.45, 7) is 1.90. The van der Waals surface area contributed by atoms with Gasteiger partial charge in [-0.25, -0.2) is 9.97 Å². The number of aryl methyl sites for hydroxylation is 1. The van der Waals surface area contributed by atoms with Crippen LogP contribution in [0, 0.1) is 6.92 Å². The minimum Gasteiger partial charge on any atom is -0.378 e. The first-order valence-electron chi connectivity index (χ1n) is 6.01. The standard InChI is InChI=1S/C15H16ClN3/c1-11-10-14(16)18-15(17-11)9-6-12-4-7-13(8-5-12)19(2)3/h4-10H,1-3H3. The van der Waals surface area contributed by atoms with E-state index in [1.165, 1.54) is 5.69 Å².